The van der Waals surface area contributed by atoms with Gasteiger partial charge in [-0.05, 0) is 53.9 Å². The average Bonchev–Trinajstić information content (AvgIpc) is 3.40. The van der Waals surface area contributed by atoms with Gasteiger partial charge >= 0.3 is 5.88 Å². The Kier molecular flexibility index (Phi) is 6.09. The van der Waals surface area contributed by atoms with E-state index in [1.54, 1.807) is 16.8 Å². The van der Waals surface area contributed by atoms with Crippen LogP contribution in [-0.4, -0.2) is 15.8 Å². The monoisotopic (exact) mass is 450 g/mol. The van der Waals surface area contributed by atoms with Gasteiger partial charge in [-0.2, -0.15) is 5.10 Å². The van der Waals surface area contributed by atoms with E-state index in [2.05, 4.69) is 18.9 Å². The van der Waals surface area contributed by atoms with E-state index in [0.29, 0.717) is 16.4 Å². The molecule has 7 nitrogen and oxygen atoms in total. The number of hydrogen-bond acceptors (Lipinski definition) is 6. The molecular formula is C23H19FN4O3S. The minimum atomic E-state index is -0.611. The molecule has 0 aliphatic carbocycles. The van der Waals surface area contributed by atoms with E-state index >= 15 is 0 Å². The first kappa shape index (κ1) is 21.4. The van der Waals surface area contributed by atoms with Gasteiger partial charge in [-0.1, -0.05) is 26.0 Å². The van der Waals surface area contributed by atoms with E-state index in [1.165, 1.54) is 47.4 Å². The second-order valence-electron chi connectivity index (χ2n) is 7.26. The van der Waals surface area contributed by atoms with Crippen LogP contribution in [0.25, 0.3) is 11.3 Å². The third-order valence-electron chi connectivity index (χ3n) is 4.70. The van der Waals surface area contributed by atoms with Gasteiger partial charge in [0.05, 0.1) is 23.7 Å². The Morgan fingerprint density at radius 2 is 1.81 bits per heavy atom. The number of thiazole rings is 1. The number of hydrogen-bond donors (Lipinski definition) is 0. The summed E-state index contributed by atoms with van der Waals surface area (Å²) in [7, 11) is 0. The Morgan fingerprint density at radius 1 is 1.09 bits per heavy atom. The van der Waals surface area contributed by atoms with E-state index in [1.807, 2.05) is 29.6 Å². The lowest BCUT2D eigenvalue weighted by Gasteiger charge is -2.05. The first-order chi connectivity index (χ1) is 15.4. The second kappa shape index (κ2) is 9.11. The molecule has 0 bridgehead atoms. The summed E-state index contributed by atoms with van der Waals surface area (Å²) in [6.07, 6.45) is 1.38. The highest BCUT2D eigenvalue weighted by Gasteiger charge is 2.12. The van der Waals surface area contributed by atoms with Gasteiger partial charge in [-0.3, -0.25) is 10.1 Å². The number of benzene rings is 2. The molecule has 0 N–H and O–H groups in total. The molecule has 9 heteroatoms. The van der Waals surface area contributed by atoms with Gasteiger partial charge in [0.2, 0.25) is 4.80 Å². The van der Waals surface area contributed by atoms with Crippen LogP contribution in [0.3, 0.4) is 0 Å². The van der Waals surface area contributed by atoms with Crippen molar-refractivity contribution < 1.29 is 13.7 Å². The van der Waals surface area contributed by atoms with Crippen LogP contribution in [0.15, 0.2) is 80.6 Å². The fourth-order valence-electron chi connectivity index (χ4n) is 2.98. The van der Waals surface area contributed by atoms with Crippen molar-refractivity contribution in [1.82, 2.24) is 4.68 Å². The van der Waals surface area contributed by atoms with Gasteiger partial charge in [0.15, 0.2) is 5.76 Å². The molecule has 162 valence electrons. The maximum Gasteiger partial charge on any atom is 0.433 e. The first-order valence-electron chi connectivity index (χ1n) is 9.80. The topological polar surface area (TPSA) is 85.9 Å². The normalized spacial score (nSPS) is 12.2. The molecule has 0 saturated heterocycles. The fraction of sp³-hybridized carbons (Fsp3) is 0.130. The van der Waals surface area contributed by atoms with Crippen molar-refractivity contribution in [3.05, 3.63) is 98.1 Å². The van der Waals surface area contributed by atoms with Crippen molar-refractivity contribution in [1.29, 1.82) is 0 Å². The number of furan rings is 1. The zero-order valence-electron chi connectivity index (χ0n) is 17.3. The zero-order chi connectivity index (χ0) is 22.7. The van der Waals surface area contributed by atoms with Crippen molar-refractivity contribution in [3.63, 3.8) is 0 Å². The van der Waals surface area contributed by atoms with Crippen molar-refractivity contribution in [2.24, 2.45) is 10.1 Å². The highest BCUT2D eigenvalue weighted by atomic mass is 32.1. The molecule has 2 aromatic carbocycles. The summed E-state index contributed by atoms with van der Waals surface area (Å²) < 4.78 is 20.2. The Labute approximate surface area is 187 Å². The van der Waals surface area contributed by atoms with Crippen LogP contribution in [0.2, 0.25) is 0 Å². The molecule has 0 unspecified atom stereocenters. The predicted molar refractivity (Wildman–Crippen MR) is 122 cm³/mol. The molecule has 4 rings (SSSR count). The first-order valence-corrected chi connectivity index (χ1v) is 10.7. The molecule has 2 aromatic heterocycles. The van der Waals surface area contributed by atoms with Crippen molar-refractivity contribution in [3.8, 4) is 11.3 Å². The van der Waals surface area contributed by atoms with Crippen molar-refractivity contribution >= 4 is 29.1 Å². The SMILES string of the molecule is CC(C)c1ccc(N=c2scc(-c3ccc(F)cc3)n2N=Cc2ccc([N+](=O)[O-])o2)cc1. The summed E-state index contributed by atoms with van der Waals surface area (Å²) in [6.45, 7) is 4.25. The summed E-state index contributed by atoms with van der Waals surface area (Å²) in [6, 6.07) is 16.7. The molecule has 2 heterocycles. The van der Waals surface area contributed by atoms with Crippen LogP contribution in [0.5, 0.6) is 0 Å². The summed E-state index contributed by atoms with van der Waals surface area (Å²) in [4.78, 5) is 15.5. The molecule has 4 aromatic rings. The van der Waals surface area contributed by atoms with E-state index < -0.39 is 4.92 Å². The summed E-state index contributed by atoms with van der Waals surface area (Å²) in [5, 5.41) is 17.2. The van der Waals surface area contributed by atoms with E-state index in [4.69, 9.17) is 9.41 Å². The van der Waals surface area contributed by atoms with Gasteiger partial charge < -0.3 is 4.42 Å². The minimum Gasteiger partial charge on any atom is -0.400 e. The van der Waals surface area contributed by atoms with Gasteiger partial charge in [0.1, 0.15) is 10.7 Å². The standard InChI is InChI=1S/C23H19FN4O3S/c1-15(2)16-5-9-19(10-6-16)26-23-27(25-13-20-11-12-22(31-20)28(29)30)21(14-32-23)17-3-7-18(24)8-4-17/h3-15H,1-2H3. The molecule has 0 fully saturated rings. The lowest BCUT2D eigenvalue weighted by molar-refractivity contribution is -0.402. The van der Waals surface area contributed by atoms with Crippen LogP contribution in [0, 0.1) is 15.9 Å². The molecular weight excluding hydrogens is 431 g/mol. The minimum absolute atomic E-state index is 0.229. The highest BCUT2D eigenvalue weighted by molar-refractivity contribution is 7.07. The zero-order valence-corrected chi connectivity index (χ0v) is 18.1. The molecule has 0 aliphatic heterocycles. The molecule has 0 amide bonds. The quantitative estimate of drug-likeness (QED) is 0.202. The molecule has 0 spiro atoms. The van der Waals surface area contributed by atoms with Crippen molar-refractivity contribution in [2.45, 2.75) is 19.8 Å². The van der Waals surface area contributed by atoms with Gasteiger partial charge in [-0.15, -0.1) is 11.3 Å². The lowest BCUT2D eigenvalue weighted by Crippen LogP contribution is -2.11. The third kappa shape index (κ3) is 4.73. The van der Waals surface area contributed by atoms with Crippen LogP contribution in [-0.2, 0) is 0 Å². The number of aromatic nitrogens is 1. The predicted octanol–water partition coefficient (Wildman–Crippen LogP) is 6.09. The van der Waals surface area contributed by atoms with Gasteiger partial charge in [0, 0.05) is 10.9 Å². The number of rotatable bonds is 6. The van der Waals surface area contributed by atoms with Crippen LogP contribution in [0.1, 0.15) is 31.1 Å². The summed E-state index contributed by atoms with van der Waals surface area (Å²) in [5.74, 6) is -0.0526. The lowest BCUT2D eigenvalue weighted by atomic mass is 10.0. The Bertz CT molecular complexity index is 1330. The highest BCUT2D eigenvalue weighted by Crippen LogP contribution is 2.23. The Hall–Kier alpha value is -3.85. The summed E-state index contributed by atoms with van der Waals surface area (Å²) >= 11 is 1.38. The Balaban J connectivity index is 1.78. The maximum absolute atomic E-state index is 13.4. The third-order valence-corrected chi connectivity index (χ3v) is 5.52. The average molecular weight is 450 g/mol. The number of nitro groups is 1. The smallest absolute Gasteiger partial charge is 0.400 e. The van der Waals surface area contributed by atoms with E-state index in [9.17, 15) is 14.5 Å². The number of halogens is 1. The van der Waals surface area contributed by atoms with Crippen LogP contribution in [0.4, 0.5) is 16.0 Å². The number of nitrogens with zero attached hydrogens (tertiary/aromatic N) is 4. The van der Waals surface area contributed by atoms with Crippen molar-refractivity contribution in [2.75, 3.05) is 0 Å². The molecule has 32 heavy (non-hydrogen) atoms. The molecule has 0 saturated carbocycles. The van der Waals surface area contributed by atoms with Gasteiger partial charge in [-0.25, -0.2) is 14.1 Å². The maximum atomic E-state index is 13.4. The van der Waals surface area contributed by atoms with E-state index in [0.717, 1.165) is 11.3 Å². The summed E-state index contributed by atoms with van der Waals surface area (Å²) in [5.41, 5.74) is 3.43. The molecule has 0 aliphatic rings. The molecule has 0 radical (unpaired) electrons. The van der Waals surface area contributed by atoms with Gasteiger partial charge in [0.25, 0.3) is 0 Å². The second-order valence-corrected chi connectivity index (χ2v) is 8.09. The van der Waals surface area contributed by atoms with Crippen LogP contribution < -0.4 is 4.80 Å². The largest absolute Gasteiger partial charge is 0.433 e. The van der Waals surface area contributed by atoms with Crippen LogP contribution >= 0.6 is 11.3 Å². The molecule has 0 atom stereocenters. The van der Waals surface area contributed by atoms with E-state index in [-0.39, 0.29) is 17.5 Å². The Morgan fingerprint density at radius 3 is 2.44 bits per heavy atom. The fourth-order valence-corrected chi connectivity index (χ4v) is 3.83.